The Morgan fingerprint density at radius 1 is 1.09 bits per heavy atom. The number of amides is 2. The summed E-state index contributed by atoms with van der Waals surface area (Å²) >= 11 is 2.19. The van der Waals surface area contributed by atoms with Crippen molar-refractivity contribution in [1.82, 2.24) is 5.32 Å². The van der Waals surface area contributed by atoms with Gasteiger partial charge in [0.2, 0.25) is 0 Å². The molecule has 2 aromatic carbocycles. The Balaban J connectivity index is 1.82. The zero-order valence-corrected chi connectivity index (χ0v) is 14.6. The second-order valence-corrected chi connectivity index (χ2v) is 5.90. The van der Waals surface area contributed by atoms with Crippen molar-refractivity contribution in [3.8, 4) is 0 Å². The molecule has 0 atom stereocenters. The van der Waals surface area contributed by atoms with Crippen molar-refractivity contribution in [2.24, 2.45) is 0 Å². The number of benzene rings is 2. The summed E-state index contributed by atoms with van der Waals surface area (Å²) in [5, 5.41) is 5.69. The lowest BCUT2D eigenvalue weighted by Gasteiger charge is -2.09. The molecule has 22 heavy (non-hydrogen) atoms. The lowest BCUT2D eigenvalue weighted by molar-refractivity contribution is 0.134. The van der Waals surface area contributed by atoms with Crippen LogP contribution in [0.3, 0.4) is 0 Å². The summed E-state index contributed by atoms with van der Waals surface area (Å²) in [5.41, 5.74) is 3.00. The molecule has 0 aliphatic rings. The normalized spacial score (nSPS) is 10.3. The number of para-hydroxylation sites is 1. The van der Waals surface area contributed by atoms with Crippen LogP contribution in [-0.4, -0.2) is 12.6 Å². The largest absolute Gasteiger partial charge is 0.377 e. The fraction of sp³-hybridized carbons (Fsp3) is 0.235. The first kappa shape index (κ1) is 16.8. The predicted octanol–water partition coefficient (Wildman–Crippen LogP) is 4.15. The first-order valence-electron chi connectivity index (χ1n) is 7.14. The Kier molecular flexibility index (Phi) is 6.67. The molecule has 2 rings (SSSR count). The zero-order chi connectivity index (χ0) is 15.8. The fourth-order valence-corrected chi connectivity index (χ4v) is 2.41. The van der Waals surface area contributed by atoms with Crippen molar-refractivity contribution in [3.63, 3.8) is 0 Å². The van der Waals surface area contributed by atoms with Crippen molar-refractivity contribution >= 4 is 34.3 Å². The monoisotopic (exact) mass is 410 g/mol. The minimum atomic E-state index is -0.206. The van der Waals surface area contributed by atoms with Gasteiger partial charge in [-0.1, -0.05) is 36.4 Å². The molecule has 2 aromatic rings. The van der Waals surface area contributed by atoms with Gasteiger partial charge in [-0.25, -0.2) is 4.79 Å². The number of halogens is 1. The molecular weight excluding hydrogens is 391 g/mol. The highest BCUT2D eigenvalue weighted by molar-refractivity contribution is 14.1. The maximum atomic E-state index is 11.9. The molecule has 116 valence electrons. The number of rotatable bonds is 6. The van der Waals surface area contributed by atoms with Gasteiger partial charge in [0.1, 0.15) is 0 Å². The van der Waals surface area contributed by atoms with Crippen molar-refractivity contribution in [2.75, 3.05) is 11.9 Å². The van der Waals surface area contributed by atoms with Gasteiger partial charge < -0.3 is 15.4 Å². The molecule has 0 unspecified atom stereocenters. The van der Waals surface area contributed by atoms with E-state index in [9.17, 15) is 4.79 Å². The second-order valence-electron chi connectivity index (χ2n) is 4.74. The van der Waals surface area contributed by atoms with Gasteiger partial charge in [-0.15, -0.1) is 0 Å². The Morgan fingerprint density at radius 3 is 2.45 bits per heavy atom. The van der Waals surface area contributed by atoms with Crippen LogP contribution >= 0.6 is 22.6 Å². The topological polar surface area (TPSA) is 50.4 Å². The highest BCUT2D eigenvalue weighted by Crippen LogP contribution is 2.16. The molecule has 2 amide bonds. The minimum absolute atomic E-state index is 0.206. The average molecular weight is 410 g/mol. The van der Waals surface area contributed by atoms with Crippen LogP contribution in [0.2, 0.25) is 0 Å². The number of urea groups is 1. The number of carbonyl (C=O) groups excluding carboxylic acids is 1. The van der Waals surface area contributed by atoms with E-state index in [0.29, 0.717) is 19.8 Å². The SMILES string of the molecule is CCOCc1ccc(CNC(=O)Nc2ccccc2I)cc1. The van der Waals surface area contributed by atoms with Gasteiger partial charge in [-0.05, 0) is 52.8 Å². The van der Waals surface area contributed by atoms with E-state index in [1.165, 1.54) is 0 Å². The molecule has 5 heteroatoms. The van der Waals surface area contributed by atoms with Crippen molar-refractivity contribution < 1.29 is 9.53 Å². The van der Waals surface area contributed by atoms with Crippen molar-refractivity contribution in [1.29, 1.82) is 0 Å². The Bertz CT molecular complexity index is 614. The summed E-state index contributed by atoms with van der Waals surface area (Å²) in [6, 6.07) is 15.5. The maximum Gasteiger partial charge on any atom is 0.319 e. The first-order chi connectivity index (χ1) is 10.7. The second kappa shape index (κ2) is 8.75. The molecule has 4 nitrogen and oxygen atoms in total. The van der Waals surface area contributed by atoms with E-state index in [2.05, 4.69) is 33.2 Å². The van der Waals surface area contributed by atoms with Gasteiger partial charge in [-0.3, -0.25) is 0 Å². The maximum absolute atomic E-state index is 11.9. The van der Waals surface area contributed by atoms with E-state index in [4.69, 9.17) is 4.74 Å². The summed E-state index contributed by atoms with van der Waals surface area (Å²) in [7, 11) is 0. The van der Waals surface area contributed by atoms with Crippen LogP contribution in [0.15, 0.2) is 48.5 Å². The van der Waals surface area contributed by atoms with Crippen LogP contribution < -0.4 is 10.6 Å². The molecule has 0 saturated carbocycles. The first-order valence-corrected chi connectivity index (χ1v) is 8.22. The standard InChI is InChI=1S/C17H19IN2O2/c1-2-22-12-14-9-7-13(8-10-14)11-19-17(21)20-16-6-4-3-5-15(16)18/h3-10H,2,11-12H2,1H3,(H2,19,20,21). The molecule has 0 spiro atoms. The zero-order valence-electron chi connectivity index (χ0n) is 12.4. The lowest BCUT2D eigenvalue weighted by atomic mass is 10.1. The van der Waals surface area contributed by atoms with Gasteiger partial charge in [-0.2, -0.15) is 0 Å². The van der Waals surface area contributed by atoms with Gasteiger partial charge in [0.05, 0.1) is 12.3 Å². The summed E-state index contributed by atoms with van der Waals surface area (Å²) in [4.78, 5) is 11.9. The minimum Gasteiger partial charge on any atom is -0.377 e. The number of carbonyl (C=O) groups is 1. The van der Waals surface area contributed by atoms with Gasteiger partial charge in [0.25, 0.3) is 0 Å². The highest BCUT2D eigenvalue weighted by Gasteiger charge is 2.04. The molecule has 0 aromatic heterocycles. The predicted molar refractivity (Wildman–Crippen MR) is 96.8 cm³/mol. The third kappa shape index (κ3) is 5.31. The van der Waals surface area contributed by atoms with Gasteiger partial charge in [0.15, 0.2) is 0 Å². The van der Waals surface area contributed by atoms with E-state index in [1.54, 1.807) is 0 Å². The molecular formula is C17H19IN2O2. The average Bonchev–Trinajstić information content (AvgIpc) is 2.54. The molecule has 0 heterocycles. The van der Waals surface area contributed by atoms with E-state index in [0.717, 1.165) is 20.4 Å². The van der Waals surface area contributed by atoms with Crippen LogP contribution in [0.1, 0.15) is 18.1 Å². The third-order valence-corrected chi connectivity index (χ3v) is 4.01. The Morgan fingerprint density at radius 2 is 1.77 bits per heavy atom. The van der Waals surface area contributed by atoms with Crippen molar-refractivity contribution in [3.05, 3.63) is 63.2 Å². The number of nitrogens with one attached hydrogen (secondary N) is 2. The van der Waals surface area contributed by atoms with Crippen LogP contribution in [-0.2, 0) is 17.9 Å². The molecule has 0 aliphatic carbocycles. The van der Waals surface area contributed by atoms with Gasteiger partial charge >= 0.3 is 6.03 Å². The summed E-state index contributed by atoms with van der Waals surface area (Å²) < 4.78 is 6.36. The number of ether oxygens (including phenoxy) is 1. The number of hydrogen-bond donors (Lipinski definition) is 2. The summed E-state index contributed by atoms with van der Waals surface area (Å²) in [6.45, 7) is 3.80. The van der Waals surface area contributed by atoms with Crippen LogP contribution in [0, 0.1) is 3.57 Å². The third-order valence-electron chi connectivity index (χ3n) is 3.07. The van der Waals surface area contributed by atoms with E-state index in [-0.39, 0.29) is 6.03 Å². The molecule has 0 fully saturated rings. The number of hydrogen-bond acceptors (Lipinski definition) is 2. The van der Waals surface area contributed by atoms with Crippen molar-refractivity contribution in [2.45, 2.75) is 20.1 Å². The van der Waals surface area contributed by atoms with E-state index < -0.39 is 0 Å². The van der Waals surface area contributed by atoms with Crippen LogP contribution in [0.5, 0.6) is 0 Å². The quantitative estimate of drug-likeness (QED) is 0.704. The van der Waals surface area contributed by atoms with E-state index in [1.807, 2.05) is 55.5 Å². The lowest BCUT2D eigenvalue weighted by Crippen LogP contribution is -2.28. The molecule has 0 aliphatic heterocycles. The van der Waals surface area contributed by atoms with Gasteiger partial charge in [0, 0.05) is 16.7 Å². The Labute approximate surface area is 144 Å². The molecule has 0 saturated heterocycles. The molecule has 0 radical (unpaired) electrons. The Hall–Kier alpha value is -1.60. The smallest absolute Gasteiger partial charge is 0.319 e. The highest BCUT2D eigenvalue weighted by atomic mass is 127. The number of anilines is 1. The summed E-state index contributed by atoms with van der Waals surface area (Å²) in [5.74, 6) is 0. The fourth-order valence-electron chi connectivity index (χ4n) is 1.88. The van der Waals surface area contributed by atoms with Crippen LogP contribution in [0.25, 0.3) is 0 Å². The van der Waals surface area contributed by atoms with Crippen LogP contribution in [0.4, 0.5) is 10.5 Å². The molecule has 0 bridgehead atoms. The summed E-state index contributed by atoms with van der Waals surface area (Å²) in [6.07, 6.45) is 0. The van der Waals surface area contributed by atoms with E-state index >= 15 is 0 Å². The molecule has 2 N–H and O–H groups in total.